The van der Waals surface area contributed by atoms with E-state index in [2.05, 4.69) is 109 Å². The predicted octanol–water partition coefficient (Wildman–Crippen LogP) is 4.76. The number of nitrogens with zero attached hydrogens (tertiary/aromatic N) is 2. The van der Waals surface area contributed by atoms with E-state index in [1.165, 1.54) is 13.8 Å². The zero-order valence-corrected chi connectivity index (χ0v) is 77.2. The SMILES string of the molecule is CC[C@H](C)[C@H](NC(=O)[C@H](CCCNC(=N)N)NC(=O)CN)C(=O)NCC(=O)N[C@@H](Cc1ccccc1)C(=O)N[C@@H](CC(C)C)C(=O)N[C@@H](CCCNC(=N)N)C(=O)N[C@H](C(=O)N[C@@H](C)C(=O)N[C@@H](CCCCNC(=O)c1ccc(-c2c3nc(c(-c4ccccc4)c4ccc([nH]4)c(-c4ccccc4)c4nc(c(-c5ccccc5)c5ccc2[nH]5)C=C4)C=C3)cc1)C(=O)NCC(=O)NCC(=O)O)[C@@H](C)O. The summed E-state index contributed by atoms with van der Waals surface area (Å²) in [4.78, 5) is 197. The number of aliphatic hydroxyl groups is 1. The topological polar surface area (TPSA) is 614 Å². The number of nitrogens with two attached hydrogens (primary N) is 3. The van der Waals surface area contributed by atoms with Crippen molar-refractivity contribution >= 4 is 135 Å². The van der Waals surface area contributed by atoms with Crippen molar-refractivity contribution in [2.24, 2.45) is 29.0 Å². The van der Waals surface area contributed by atoms with Crippen LogP contribution in [-0.2, 0) is 64.0 Å². The summed E-state index contributed by atoms with van der Waals surface area (Å²) in [6.07, 6.45) is 7.07. The molecule has 0 spiro atoms. The van der Waals surface area contributed by atoms with Gasteiger partial charge in [0.2, 0.25) is 65.0 Å². The van der Waals surface area contributed by atoms with Crippen LogP contribution in [0.25, 0.3) is 90.9 Å². The Bertz CT molecular complexity index is 5850. The molecule has 10 rings (SSSR count). The molecule has 722 valence electrons. The normalized spacial score (nSPS) is 13.6. The van der Waals surface area contributed by atoms with Crippen molar-refractivity contribution in [3.05, 3.63) is 204 Å². The molecule has 12 amide bonds. The van der Waals surface area contributed by atoms with Gasteiger partial charge in [0, 0.05) is 75.9 Å². The van der Waals surface area contributed by atoms with Gasteiger partial charge in [0.15, 0.2) is 11.9 Å². The molecule has 5 heterocycles. The largest absolute Gasteiger partial charge is 0.480 e. The molecule has 0 saturated heterocycles. The summed E-state index contributed by atoms with van der Waals surface area (Å²) < 4.78 is 0. The number of hydrogen-bond acceptors (Lipinski definition) is 19. The number of unbranched alkanes of at least 4 members (excludes halogenated alkanes) is 1. The molecule has 26 N–H and O–H groups in total. The van der Waals surface area contributed by atoms with E-state index in [0.717, 1.165) is 78.0 Å². The maximum absolute atomic E-state index is 14.7. The molecule has 0 fully saturated rings. The van der Waals surface area contributed by atoms with Crippen LogP contribution >= 0.6 is 0 Å². The predicted molar refractivity (Wildman–Crippen MR) is 523 cm³/mol. The second-order valence-corrected chi connectivity index (χ2v) is 33.8. The van der Waals surface area contributed by atoms with Crippen molar-refractivity contribution in [1.82, 2.24) is 94.4 Å². The summed E-state index contributed by atoms with van der Waals surface area (Å²) in [6, 6.07) is 42.5. The van der Waals surface area contributed by atoms with E-state index in [0.29, 0.717) is 28.9 Å². The lowest BCUT2D eigenvalue weighted by molar-refractivity contribution is -0.138. The lowest BCUT2D eigenvalue weighted by Gasteiger charge is -2.28. The van der Waals surface area contributed by atoms with Crippen LogP contribution in [-0.4, -0.2) is 219 Å². The van der Waals surface area contributed by atoms with Gasteiger partial charge in [-0.15, -0.1) is 0 Å². The summed E-state index contributed by atoms with van der Waals surface area (Å²) >= 11 is 0. The summed E-state index contributed by atoms with van der Waals surface area (Å²) in [5, 5.41) is 71.4. The van der Waals surface area contributed by atoms with E-state index in [1.54, 1.807) is 70.2 Å². The molecule has 8 aromatic rings. The van der Waals surface area contributed by atoms with Crippen LogP contribution in [0.4, 0.5) is 0 Å². The molecule has 0 unspecified atom stereocenters. The first-order chi connectivity index (χ1) is 65.7. The molecular weight excluding hydrogens is 1750 g/mol. The van der Waals surface area contributed by atoms with E-state index in [-0.39, 0.29) is 89.3 Å². The van der Waals surface area contributed by atoms with Crippen molar-refractivity contribution < 1.29 is 72.5 Å². The lowest BCUT2D eigenvalue weighted by atomic mass is 9.97. The third-order valence-electron chi connectivity index (χ3n) is 22.8. The lowest BCUT2D eigenvalue weighted by Crippen LogP contribution is -2.61. The first-order valence-corrected chi connectivity index (χ1v) is 45.5. The van der Waals surface area contributed by atoms with Crippen molar-refractivity contribution in [3.63, 3.8) is 0 Å². The standard InChI is InChI=1S/C99H121N23O15/c1-7-57(4)87(121-92(132)75(116-79(124)52-100)33-22-48-106-98(101)102)96(136)110-54-81(126)117-78(51-60-24-12-8-13-25-60)95(135)120-77(50-56(2)3)94(134)119-76(34-23-49-107-99(103)104)93(133)122-88(59(6)123)97(137)111-58(5)89(129)118-74(91(131)109-53-80(125)108-55-82(127)128)32-20-21-47-105-90(130)65-37-35-64(36-38-65)86-72-45-43-70(114-72)84(62-28-16-10-17-29-62)68-41-39-66(112-68)83(61-26-14-9-15-27-61)67-40-42-69(113-67)85(63-30-18-11-19-31-63)71-44-46-73(86)115-71/h8-19,24-31,35-46,56-59,74-78,87-88,112,115,123H,7,20-23,32-34,47-55,100H2,1-6H3,(H,105,130)(H,108,125)(H,109,131)(H,110,136)(H,111,137)(H,116,124)(H,117,126)(H,118,129)(H,119,134)(H,120,135)(H,121,132)(H,122,133)(H,127,128)(H4,101,102,106)(H4,103,104,107)/t57-,58-,59+,74-,75-,76-,77-,78-,87-,88-/m0/s1. The average Bonchev–Trinajstić information content (AvgIpc) is 1.61. The van der Waals surface area contributed by atoms with Gasteiger partial charge in [0.25, 0.3) is 5.91 Å². The van der Waals surface area contributed by atoms with Gasteiger partial charge in [-0.25, -0.2) is 9.97 Å². The Balaban J connectivity index is 0.806. The van der Waals surface area contributed by atoms with Gasteiger partial charge >= 0.3 is 5.97 Å². The molecular formula is C99H121N23O15. The number of rotatable bonds is 48. The Hall–Kier alpha value is -15.7. The summed E-state index contributed by atoms with van der Waals surface area (Å²) in [5.41, 5.74) is 30.4. The van der Waals surface area contributed by atoms with E-state index >= 15 is 0 Å². The molecule has 2 aliphatic heterocycles. The number of carbonyl (C=O) groups is 13. The van der Waals surface area contributed by atoms with Crippen LogP contribution in [0, 0.1) is 22.7 Å². The van der Waals surface area contributed by atoms with Gasteiger partial charge in [-0.1, -0.05) is 168 Å². The molecule has 0 aliphatic carbocycles. The third kappa shape index (κ3) is 30.4. The van der Waals surface area contributed by atoms with E-state index in [1.807, 2.05) is 127 Å². The van der Waals surface area contributed by atoms with Crippen molar-refractivity contribution in [1.29, 1.82) is 10.8 Å². The van der Waals surface area contributed by atoms with Crippen molar-refractivity contribution in [3.8, 4) is 44.5 Å². The number of fused-ring (bicyclic) bond motifs is 8. The van der Waals surface area contributed by atoms with Crippen LogP contribution in [0.2, 0.25) is 0 Å². The molecule has 137 heavy (non-hydrogen) atoms. The number of nitrogens with one attached hydrogen (secondary N) is 18. The number of aromatic amines is 2. The number of amides is 12. The molecule has 38 heteroatoms. The van der Waals surface area contributed by atoms with Gasteiger partial charge in [0.05, 0.1) is 48.5 Å². The number of aliphatic carboxylic acids is 1. The number of carbonyl (C=O) groups excluding carboxylic acids is 12. The molecule has 8 bridgehead atoms. The second kappa shape index (κ2) is 50.9. The minimum absolute atomic E-state index is 0.00797. The van der Waals surface area contributed by atoms with E-state index in [9.17, 15) is 72.5 Å². The molecule has 0 radical (unpaired) electrons. The molecule has 5 aromatic carbocycles. The molecule has 0 saturated carbocycles. The first kappa shape index (κ1) is 103. The molecule has 2 aliphatic rings. The van der Waals surface area contributed by atoms with Gasteiger partial charge < -0.3 is 112 Å². The second-order valence-electron chi connectivity index (χ2n) is 33.8. The maximum atomic E-state index is 14.7. The highest BCUT2D eigenvalue weighted by atomic mass is 16.4. The minimum Gasteiger partial charge on any atom is -0.480 e. The Kier molecular flexibility index (Phi) is 38.4. The number of benzene rings is 5. The fourth-order valence-corrected chi connectivity index (χ4v) is 15.6. The fraction of sp³-hybridized carbons (Fsp3) is 0.343. The number of carboxylic acid groups (broad SMARTS) is 1. The Morgan fingerprint density at radius 1 is 0.387 bits per heavy atom. The molecule has 10 atom stereocenters. The number of H-pyrrole nitrogens is 2. The maximum Gasteiger partial charge on any atom is 0.322 e. The quantitative estimate of drug-likeness (QED) is 0.0139. The average molecular weight is 1870 g/mol. The monoisotopic (exact) mass is 1870 g/mol. The van der Waals surface area contributed by atoms with Crippen LogP contribution in [0.15, 0.2) is 170 Å². The Morgan fingerprint density at radius 2 is 0.788 bits per heavy atom. The number of aliphatic hydroxyl groups excluding tert-OH is 1. The summed E-state index contributed by atoms with van der Waals surface area (Å²) in [7, 11) is 0. The van der Waals surface area contributed by atoms with Crippen LogP contribution in [0.3, 0.4) is 0 Å². The number of carboxylic acids is 1. The third-order valence-corrected chi connectivity index (χ3v) is 22.8. The van der Waals surface area contributed by atoms with Crippen molar-refractivity contribution in [2.75, 3.05) is 45.8 Å². The van der Waals surface area contributed by atoms with Gasteiger partial charge in [-0.3, -0.25) is 73.1 Å². The van der Waals surface area contributed by atoms with Crippen molar-refractivity contribution in [2.45, 2.75) is 160 Å². The van der Waals surface area contributed by atoms with E-state index in [4.69, 9.17) is 38.0 Å². The Morgan fingerprint density at radius 3 is 1.25 bits per heavy atom. The fourth-order valence-electron chi connectivity index (χ4n) is 15.6. The van der Waals surface area contributed by atoms with Crippen LogP contribution in [0.5, 0.6) is 0 Å². The van der Waals surface area contributed by atoms with Crippen LogP contribution < -0.4 is 91.6 Å². The molecule has 3 aromatic heterocycles. The zero-order valence-electron chi connectivity index (χ0n) is 77.2. The summed E-state index contributed by atoms with van der Waals surface area (Å²) in [6.45, 7) is 7.08. The minimum atomic E-state index is -1.84. The highest BCUT2D eigenvalue weighted by Gasteiger charge is 2.37. The molecule has 38 nitrogen and oxygen atoms in total. The number of aromatic nitrogens is 4. The van der Waals surface area contributed by atoms with Gasteiger partial charge in [-0.05, 0) is 166 Å². The van der Waals surface area contributed by atoms with Gasteiger partial charge in [0.1, 0.15) is 54.9 Å². The van der Waals surface area contributed by atoms with Crippen LogP contribution in [0.1, 0.15) is 138 Å². The Labute approximate surface area is 792 Å². The smallest absolute Gasteiger partial charge is 0.322 e. The first-order valence-electron chi connectivity index (χ1n) is 45.5. The number of hydrogen-bond donors (Lipinski definition) is 23. The summed E-state index contributed by atoms with van der Waals surface area (Å²) in [5.74, 6) is -12.9. The highest BCUT2D eigenvalue weighted by Crippen LogP contribution is 2.39. The highest BCUT2D eigenvalue weighted by molar-refractivity contribution is 6.03. The van der Waals surface area contributed by atoms with E-state index < -0.39 is 169 Å². The number of guanidine groups is 2. The zero-order chi connectivity index (χ0) is 98.8. The van der Waals surface area contributed by atoms with Gasteiger partial charge in [-0.2, -0.15) is 0 Å².